The van der Waals surface area contributed by atoms with Crippen LogP contribution in [0.15, 0.2) is 12.3 Å². The number of aromatic carboxylic acids is 1. The Hall–Kier alpha value is -1.29. The van der Waals surface area contributed by atoms with E-state index < -0.39 is 5.97 Å². The summed E-state index contributed by atoms with van der Waals surface area (Å²) in [4.78, 5) is 14.9. The zero-order valence-electron chi connectivity index (χ0n) is 8.90. The number of anilines is 1. The van der Waals surface area contributed by atoms with E-state index in [1.54, 1.807) is 0 Å². The average molecular weight is 241 g/mol. The molecule has 0 aliphatic heterocycles. The van der Waals surface area contributed by atoms with Crippen LogP contribution in [0.2, 0.25) is 5.02 Å². The summed E-state index contributed by atoms with van der Waals surface area (Å²) in [6.07, 6.45) is 2.59. The molecule has 16 heavy (non-hydrogen) atoms. The van der Waals surface area contributed by atoms with Gasteiger partial charge in [0.1, 0.15) is 5.82 Å². The summed E-state index contributed by atoms with van der Waals surface area (Å²) >= 11 is 5.72. The Morgan fingerprint density at radius 1 is 1.75 bits per heavy atom. The van der Waals surface area contributed by atoms with E-state index in [1.807, 2.05) is 0 Å². The van der Waals surface area contributed by atoms with E-state index in [1.165, 1.54) is 18.7 Å². The predicted octanol–water partition coefficient (Wildman–Crippen LogP) is 2.50. The van der Waals surface area contributed by atoms with Gasteiger partial charge in [-0.15, -0.1) is 0 Å². The van der Waals surface area contributed by atoms with Crippen LogP contribution < -0.4 is 5.32 Å². The summed E-state index contributed by atoms with van der Waals surface area (Å²) in [5, 5.41) is 12.2. The number of nitrogens with one attached hydrogen (secondary N) is 1. The molecule has 1 aromatic rings. The number of hydrogen-bond acceptors (Lipinski definition) is 3. The third-order valence-corrected chi connectivity index (χ3v) is 3.21. The number of carbonyl (C=O) groups is 1. The molecule has 86 valence electrons. The summed E-state index contributed by atoms with van der Waals surface area (Å²) in [6, 6.07) is 1.47. The van der Waals surface area contributed by atoms with E-state index in [4.69, 9.17) is 16.7 Å². The number of hydrogen-bond donors (Lipinski definition) is 2. The van der Waals surface area contributed by atoms with Crippen molar-refractivity contribution in [3.8, 4) is 0 Å². The topological polar surface area (TPSA) is 62.2 Å². The largest absolute Gasteiger partial charge is 0.478 e. The van der Waals surface area contributed by atoms with Crippen LogP contribution in [0.5, 0.6) is 0 Å². The number of pyridine rings is 1. The summed E-state index contributed by atoms with van der Waals surface area (Å²) in [6.45, 7) is 3.04. The molecule has 0 bridgehead atoms. The third-order valence-electron chi connectivity index (χ3n) is 2.91. The third kappa shape index (κ3) is 2.44. The molecular formula is C11H13ClN2O2. The van der Waals surface area contributed by atoms with Crippen LogP contribution in [0.1, 0.15) is 23.7 Å². The first-order chi connectivity index (χ1) is 7.58. The van der Waals surface area contributed by atoms with E-state index in [0.717, 1.165) is 12.5 Å². The molecule has 1 aliphatic rings. The number of halogens is 1. The predicted molar refractivity (Wildman–Crippen MR) is 62.0 cm³/mol. The van der Waals surface area contributed by atoms with Gasteiger partial charge in [0.25, 0.3) is 0 Å². The van der Waals surface area contributed by atoms with Gasteiger partial charge in [0.15, 0.2) is 0 Å². The fraction of sp³-hybridized carbons (Fsp3) is 0.455. The quantitative estimate of drug-likeness (QED) is 0.849. The van der Waals surface area contributed by atoms with Crippen molar-refractivity contribution in [3.63, 3.8) is 0 Å². The van der Waals surface area contributed by atoms with Gasteiger partial charge >= 0.3 is 5.97 Å². The van der Waals surface area contributed by atoms with Gasteiger partial charge in [-0.2, -0.15) is 0 Å². The fourth-order valence-electron chi connectivity index (χ4n) is 1.62. The van der Waals surface area contributed by atoms with Crippen molar-refractivity contribution in [1.29, 1.82) is 0 Å². The second-order valence-corrected chi connectivity index (χ2v) is 4.62. The number of carboxylic acid groups (broad SMARTS) is 1. The first-order valence-electron chi connectivity index (χ1n) is 5.20. The smallest absolute Gasteiger partial charge is 0.337 e. The molecule has 5 heteroatoms. The van der Waals surface area contributed by atoms with Crippen LogP contribution in [-0.2, 0) is 0 Å². The van der Waals surface area contributed by atoms with Gasteiger partial charge in [0.05, 0.1) is 10.6 Å². The number of aromatic nitrogens is 1. The Morgan fingerprint density at radius 2 is 2.44 bits per heavy atom. The van der Waals surface area contributed by atoms with Crippen molar-refractivity contribution in [2.75, 3.05) is 11.9 Å². The molecule has 0 radical (unpaired) electrons. The lowest BCUT2D eigenvalue weighted by molar-refractivity contribution is 0.0697. The summed E-state index contributed by atoms with van der Waals surface area (Å²) in [5.74, 6) is 0.987. The molecule has 1 aliphatic carbocycles. The van der Waals surface area contributed by atoms with Gasteiger partial charge in [-0.3, -0.25) is 0 Å². The first-order valence-corrected chi connectivity index (χ1v) is 5.58. The minimum absolute atomic E-state index is 0.0861. The van der Waals surface area contributed by atoms with Crippen molar-refractivity contribution >= 4 is 23.4 Å². The summed E-state index contributed by atoms with van der Waals surface area (Å²) < 4.78 is 0. The maximum Gasteiger partial charge on any atom is 0.337 e. The van der Waals surface area contributed by atoms with Crippen LogP contribution in [0.4, 0.5) is 5.82 Å². The van der Waals surface area contributed by atoms with Crippen LogP contribution >= 0.6 is 11.6 Å². The molecule has 0 aromatic carbocycles. The van der Waals surface area contributed by atoms with Gasteiger partial charge < -0.3 is 10.4 Å². The Balaban J connectivity index is 2.04. The highest BCUT2D eigenvalue weighted by molar-refractivity contribution is 6.33. The van der Waals surface area contributed by atoms with Crippen LogP contribution in [0, 0.1) is 11.8 Å². The highest BCUT2D eigenvalue weighted by Crippen LogP contribution is 2.37. The highest BCUT2D eigenvalue weighted by atomic mass is 35.5. The van der Waals surface area contributed by atoms with Gasteiger partial charge in [-0.05, 0) is 24.3 Å². The summed E-state index contributed by atoms with van der Waals surface area (Å²) in [7, 11) is 0. The lowest BCUT2D eigenvalue weighted by atomic mass is 10.2. The monoisotopic (exact) mass is 240 g/mol. The van der Waals surface area contributed by atoms with Crippen molar-refractivity contribution in [3.05, 3.63) is 22.8 Å². The van der Waals surface area contributed by atoms with Crippen molar-refractivity contribution in [1.82, 2.24) is 4.98 Å². The van der Waals surface area contributed by atoms with Crippen molar-refractivity contribution in [2.24, 2.45) is 11.8 Å². The molecule has 4 nitrogen and oxygen atoms in total. The second kappa shape index (κ2) is 4.29. The lowest BCUT2D eigenvalue weighted by Crippen LogP contribution is -2.07. The molecule has 0 amide bonds. The van der Waals surface area contributed by atoms with E-state index in [-0.39, 0.29) is 10.6 Å². The molecule has 2 atom stereocenters. The van der Waals surface area contributed by atoms with Crippen LogP contribution in [0.25, 0.3) is 0 Å². The maximum atomic E-state index is 10.8. The maximum absolute atomic E-state index is 10.8. The molecule has 1 fully saturated rings. The molecule has 1 heterocycles. The molecular weight excluding hydrogens is 228 g/mol. The normalized spacial score (nSPS) is 22.9. The molecule has 2 rings (SSSR count). The number of nitrogens with zero attached hydrogens (tertiary/aromatic N) is 1. The van der Waals surface area contributed by atoms with E-state index in [0.29, 0.717) is 11.7 Å². The van der Waals surface area contributed by atoms with E-state index >= 15 is 0 Å². The van der Waals surface area contributed by atoms with Crippen molar-refractivity contribution < 1.29 is 9.90 Å². The van der Waals surface area contributed by atoms with Gasteiger partial charge in [-0.1, -0.05) is 18.5 Å². The average Bonchev–Trinajstić information content (AvgIpc) is 2.93. The Kier molecular flexibility index (Phi) is 3.01. The lowest BCUT2D eigenvalue weighted by Gasteiger charge is -2.06. The zero-order valence-corrected chi connectivity index (χ0v) is 9.66. The Morgan fingerprint density at radius 3 is 3.00 bits per heavy atom. The molecule has 0 spiro atoms. The van der Waals surface area contributed by atoms with E-state index in [2.05, 4.69) is 17.2 Å². The number of carboxylic acids is 1. The molecule has 2 N–H and O–H groups in total. The first kappa shape index (κ1) is 11.2. The van der Waals surface area contributed by atoms with Gasteiger partial charge in [0.2, 0.25) is 0 Å². The second-order valence-electron chi connectivity index (χ2n) is 4.21. The number of rotatable bonds is 4. The van der Waals surface area contributed by atoms with Gasteiger partial charge in [0, 0.05) is 12.7 Å². The molecule has 2 unspecified atom stereocenters. The minimum Gasteiger partial charge on any atom is -0.478 e. The zero-order chi connectivity index (χ0) is 11.7. The van der Waals surface area contributed by atoms with Crippen LogP contribution in [0.3, 0.4) is 0 Å². The standard InChI is InChI=1S/C11H13ClN2O2/c1-6-2-7(6)4-13-10-3-8(11(15)16)9(12)5-14-10/h3,5-7H,2,4H2,1H3,(H,13,14)(H,15,16). The van der Waals surface area contributed by atoms with E-state index in [9.17, 15) is 4.79 Å². The van der Waals surface area contributed by atoms with Crippen LogP contribution in [-0.4, -0.2) is 22.6 Å². The molecule has 0 saturated heterocycles. The summed E-state index contributed by atoms with van der Waals surface area (Å²) in [5.41, 5.74) is 0.0861. The minimum atomic E-state index is -1.03. The SMILES string of the molecule is CC1CC1CNc1cc(C(=O)O)c(Cl)cn1. The fourth-order valence-corrected chi connectivity index (χ4v) is 1.80. The Bertz CT molecular complexity index is 422. The highest BCUT2D eigenvalue weighted by Gasteiger charge is 2.31. The van der Waals surface area contributed by atoms with Crippen molar-refractivity contribution in [2.45, 2.75) is 13.3 Å². The Labute approximate surface area is 98.6 Å². The molecule has 1 aromatic heterocycles. The molecule has 1 saturated carbocycles. The van der Waals surface area contributed by atoms with Gasteiger partial charge in [-0.25, -0.2) is 9.78 Å².